The van der Waals surface area contributed by atoms with E-state index in [1.807, 2.05) is 6.92 Å². The number of carbonyl (C=O) groups is 1. The average Bonchev–Trinajstić information content (AvgIpc) is 2.98. The summed E-state index contributed by atoms with van der Waals surface area (Å²) in [5.74, 6) is 1.48. The first kappa shape index (κ1) is 12.5. The SMILES string of the molecule is CCCn1ncnc1CC(=O)c1ccoc1CC. The molecule has 0 aliphatic heterocycles. The molecule has 2 aromatic rings. The van der Waals surface area contributed by atoms with Gasteiger partial charge in [0.2, 0.25) is 0 Å². The molecule has 0 aliphatic carbocycles. The molecule has 0 fully saturated rings. The lowest BCUT2D eigenvalue weighted by Crippen LogP contribution is -2.12. The van der Waals surface area contributed by atoms with Crippen LogP contribution in [0.4, 0.5) is 0 Å². The van der Waals surface area contributed by atoms with Crippen molar-refractivity contribution in [1.82, 2.24) is 14.8 Å². The molecule has 2 rings (SSSR count). The summed E-state index contributed by atoms with van der Waals surface area (Å²) in [5, 5.41) is 4.11. The zero-order valence-corrected chi connectivity index (χ0v) is 10.7. The van der Waals surface area contributed by atoms with Crippen molar-refractivity contribution in [1.29, 1.82) is 0 Å². The molecule has 0 radical (unpaired) electrons. The Kier molecular flexibility index (Phi) is 3.92. The normalized spacial score (nSPS) is 10.8. The van der Waals surface area contributed by atoms with Crippen molar-refractivity contribution in [3.8, 4) is 0 Å². The zero-order valence-electron chi connectivity index (χ0n) is 10.7. The maximum absolute atomic E-state index is 12.2. The van der Waals surface area contributed by atoms with Crippen LogP contribution in [0, 0.1) is 0 Å². The molecule has 0 unspecified atom stereocenters. The van der Waals surface area contributed by atoms with E-state index < -0.39 is 0 Å². The molecule has 2 heterocycles. The van der Waals surface area contributed by atoms with Gasteiger partial charge < -0.3 is 4.42 Å². The predicted octanol–water partition coefficient (Wildman–Crippen LogP) is 2.27. The lowest BCUT2D eigenvalue weighted by Gasteiger charge is -2.03. The minimum absolute atomic E-state index is 0.0333. The van der Waals surface area contributed by atoms with Crippen LogP contribution in [-0.2, 0) is 19.4 Å². The van der Waals surface area contributed by atoms with E-state index in [2.05, 4.69) is 17.0 Å². The minimum Gasteiger partial charge on any atom is -0.469 e. The summed E-state index contributed by atoms with van der Waals surface area (Å²) in [6.07, 6.45) is 5.01. The molecule has 18 heavy (non-hydrogen) atoms. The molecule has 5 heteroatoms. The maximum atomic E-state index is 12.2. The van der Waals surface area contributed by atoms with Crippen LogP contribution in [0.2, 0.25) is 0 Å². The summed E-state index contributed by atoms with van der Waals surface area (Å²) in [4.78, 5) is 16.3. The fourth-order valence-electron chi connectivity index (χ4n) is 1.93. The largest absolute Gasteiger partial charge is 0.469 e. The number of hydrogen-bond acceptors (Lipinski definition) is 4. The van der Waals surface area contributed by atoms with Gasteiger partial charge in [0, 0.05) is 13.0 Å². The van der Waals surface area contributed by atoms with E-state index in [1.54, 1.807) is 17.0 Å². The molecule has 0 aliphatic rings. The zero-order chi connectivity index (χ0) is 13.0. The summed E-state index contributed by atoms with van der Waals surface area (Å²) < 4.78 is 7.05. The van der Waals surface area contributed by atoms with E-state index in [1.165, 1.54) is 6.33 Å². The van der Waals surface area contributed by atoms with Gasteiger partial charge in [0.1, 0.15) is 17.9 Å². The quantitative estimate of drug-likeness (QED) is 0.735. The van der Waals surface area contributed by atoms with Crippen molar-refractivity contribution in [2.45, 2.75) is 39.7 Å². The number of ketones is 1. The van der Waals surface area contributed by atoms with Gasteiger partial charge in [-0.05, 0) is 12.5 Å². The maximum Gasteiger partial charge on any atom is 0.173 e. The second kappa shape index (κ2) is 5.62. The van der Waals surface area contributed by atoms with Crippen molar-refractivity contribution in [2.75, 3.05) is 0 Å². The Morgan fingerprint density at radius 3 is 3.00 bits per heavy atom. The molecule has 2 aromatic heterocycles. The highest BCUT2D eigenvalue weighted by molar-refractivity contribution is 5.98. The van der Waals surface area contributed by atoms with Gasteiger partial charge in [0.15, 0.2) is 5.78 Å². The van der Waals surface area contributed by atoms with Crippen LogP contribution in [0.5, 0.6) is 0 Å². The second-order valence-electron chi connectivity index (χ2n) is 4.11. The minimum atomic E-state index is 0.0333. The summed E-state index contributed by atoms with van der Waals surface area (Å²) in [6, 6.07) is 1.72. The van der Waals surface area contributed by atoms with Crippen molar-refractivity contribution in [2.24, 2.45) is 0 Å². The van der Waals surface area contributed by atoms with Gasteiger partial charge in [-0.1, -0.05) is 13.8 Å². The third kappa shape index (κ3) is 2.50. The van der Waals surface area contributed by atoms with Gasteiger partial charge in [-0.15, -0.1) is 0 Å². The predicted molar refractivity (Wildman–Crippen MR) is 66.4 cm³/mol. The number of carbonyl (C=O) groups excluding carboxylic acids is 1. The number of aryl methyl sites for hydroxylation is 2. The molecule has 5 nitrogen and oxygen atoms in total. The number of rotatable bonds is 6. The standard InChI is InChI=1S/C13H17N3O2/c1-3-6-16-13(14-9-15-16)8-11(17)10-5-7-18-12(10)4-2/h5,7,9H,3-4,6,8H2,1-2H3. The first-order valence-corrected chi connectivity index (χ1v) is 6.22. The van der Waals surface area contributed by atoms with Gasteiger partial charge in [0.05, 0.1) is 18.2 Å². The molecule has 0 aromatic carbocycles. The third-order valence-electron chi connectivity index (χ3n) is 2.82. The molecule has 0 spiro atoms. The number of hydrogen-bond donors (Lipinski definition) is 0. The lowest BCUT2D eigenvalue weighted by molar-refractivity contribution is 0.0987. The van der Waals surface area contributed by atoms with E-state index in [0.717, 1.165) is 25.1 Å². The first-order chi connectivity index (χ1) is 8.76. The van der Waals surface area contributed by atoms with Crippen LogP contribution in [0.1, 0.15) is 42.2 Å². The average molecular weight is 247 g/mol. The van der Waals surface area contributed by atoms with E-state index in [0.29, 0.717) is 11.4 Å². The van der Waals surface area contributed by atoms with Gasteiger partial charge in [-0.2, -0.15) is 5.10 Å². The molecule has 0 bridgehead atoms. The summed E-state index contributed by atoms with van der Waals surface area (Å²) >= 11 is 0. The highest BCUT2D eigenvalue weighted by Crippen LogP contribution is 2.14. The Hall–Kier alpha value is -1.91. The Balaban J connectivity index is 2.14. The third-order valence-corrected chi connectivity index (χ3v) is 2.82. The smallest absolute Gasteiger partial charge is 0.173 e. The van der Waals surface area contributed by atoms with E-state index in [4.69, 9.17) is 4.42 Å². The van der Waals surface area contributed by atoms with Crippen molar-refractivity contribution in [3.05, 3.63) is 35.8 Å². The Bertz CT molecular complexity index is 528. The van der Waals surface area contributed by atoms with Gasteiger partial charge in [0.25, 0.3) is 0 Å². The van der Waals surface area contributed by atoms with Crippen LogP contribution in [0.3, 0.4) is 0 Å². The fourth-order valence-corrected chi connectivity index (χ4v) is 1.93. The molecule has 96 valence electrons. The van der Waals surface area contributed by atoms with Gasteiger partial charge in [-0.3, -0.25) is 4.79 Å². The Morgan fingerprint density at radius 2 is 2.28 bits per heavy atom. The summed E-state index contributed by atoms with van der Waals surface area (Å²) in [5.41, 5.74) is 0.656. The van der Waals surface area contributed by atoms with Crippen LogP contribution in [-0.4, -0.2) is 20.5 Å². The highest BCUT2D eigenvalue weighted by Gasteiger charge is 2.16. The van der Waals surface area contributed by atoms with Crippen LogP contribution < -0.4 is 0 Å². The monoisotopic (exact) mass is 247 g/mol. The summed E-state index contributed by atoms with van der Waals surface area (Å²) in [6.45, 7) is 4.82. The Labute approximate surface area is 106 Å². The molecule has 0 saturated carbocycles. The van der Waals surface area contributed by atoms with E-state index in [9.17, 15) is 4.79 Å². The Morgan fingerprint density at radius 1 is 1.44 bits per heavy atom. The molecule has 0 saturated heterocycles. The van der Waals surface area contributed by atoms with Gasteiger partial charge in [-0.25, -0.2) is 9.67 Å². The number of furan rings is 1. The van der Waals surface area contributed by atoms with Crippen LogP contribution in [0.25, 0.3) is 0 Å². The lowest BCUT2D eigenvalue weighted by atomic mass is 10.1. The molecule has 0 amide bonds. The molecule has 0 N–H and O–H groups in total. The van der Waals surface area contributed by atoms with Gasteiger partial charge >= 0.3 is 0 Å². The summed E-state index contributed by atoms with van der Waals surface area (Å²) in [7, 11) is 0. The van der Waals surface area contributed by atoms with E-state index in [-0.39, 0.29) is 12.2 Å². The second-order valence-corrected chi connectivity index (χ2v) is 4.11. The van der Waals surface area contributed by atoms with Crippen LogP contribution in [0.15, 0.2) is 23.1 Å². The molecular weight excluding hydrogens is 230 g/mol. The number of Topliss-reactive ketones (excluding diaryl/α,β-unsaturated/α-hetero) is 1. The van der Waals surface area contributed by atoms with Crippen molar-refractivity contribution >= 4 is 5.78 Å². The number of aromatic nitrogens is 3. The molecular formula is C13H17N3O2. The van der Waals surface area contributed by atoms with Crippen molar-refractivity contribution in [3.63, 3.8) is 0 Å². The molecule has 0 atom stereocenters. The highest BCUT2D eigenvalue weighted by atomic mass is 16.3. The van der Waals surface area contributed by atoms with Crippen LogP contribution >= 0.6 is 0 Å². The first-order valence-electron chi connectivity index (χ1n) is 6.22. The topological polar surface area (TPSA) is 60.9 Å². The van der Waals surface area contributed by atoms with E-state index >= 15 is 0 Å². The number of nitrogens with zero attached hydrogens (tertiary/aromatic N) is 3. The fraction of sp³-hybridized carbons (Fsp3) is 0.462. The van der Waals surface area contributed by atoms with Crippen molar-refractivity contribution < 1.29 is 9.21 Å².